The van der Waals surface area contributed by atoms with E-state index in [2.05, 4.69) is 5.32 Å². The second kappa shape index (κ2) is 6.49. The number of carbonyl (C=O) groups excluding carboxylic acids is 2. The van der Waals surface area contributed by atoms with Crippen molar-refractivity contribution in [3.8, 4) is 11.8 Å². The van der Waals surface area contributed by atoms with Gasteiger partial charge < -0.3 is 20.5 Å². The van der Waals surface area contributed by atoms with Gasteiger partial charge in [-0.15, -0.1) is 0 Å². The fraction of sp³-hybridized carbons (Fsp3) is 0.348. The summed E-state index contributed by atoms with van der Waals surface area (Å²) in [5.41, 5.74) is 6.23. The van der Waals surface area contributed by atoms with Crippen LogP contribution in [-0.2, 0) is 14.3 Å². The molecule has 0 bridgehead atoms. The van der Waals surface area contributed by atoms with E-state index in [-0.39, 0.29) is 34.6 Å². The van der Waals surface area contributed by atoms with Gasteiger partial charge in [0.25, 0.3) is 0 Å². The fourth-order valence-corrected chi connectivity index (χ4v) is 4.71. The van der Waals surface area contributed by atoms with Crippen LogP contribution < -0.4 is 15.8 Å². The normalized spacial score (nSPS) is 25.2. The first-order chi connectivity index (χ1) is 14.2. The SMILES string of the molecule is COc1ccc(C2=C(C)C3(C(=O)N2)C(C#N)=C(N)OC2=C3C(=O)CC(C)(C)C2)cc1. The highest BCUT2D eigenvalue weighted by Crippen LogP contribution is 2.56. The highest BCUT2D eigenvalue weighted by molar-refractivity contribution is 6.14. The molecule has 7 nitrogen and oxygen atoms in total. The number of ether oxygens (including phenoxy) is 2. The van der Waals surface area contributed by atoms with Crippen molar-refractivity contribution in [3.05, 3.63) is 58.2 Å². The van der Waals surface area contributed by atoms with Crippen LogP contribution in [0.15, 0.2) is 52.6 Å². The van der Waals surface area contributed by atoms with E-state index in [1.807, 2.05) is 32.0 Å². The van der Waals surface area contributed by atoms with E-state index in [4.69, 9.17) is 15.2 Å². The van der Waals surface area contributed by atoms with Crippen LogP contribution in [0.4, 0.5) is 0 Å². The van der Waals surface area contributed by atoms with E-state index < -0.39 is 11.3 Å². The molecule has 0 aromatic heterocycles. The Balaban J connectivity index is 1.98. The molecule has 1 spiro atoms. The van der Waals surface area contributed by atoms with Crippen molar-refractivity contribution in [2.75, 3.05) is 7.11 Å². The van der Waals surface area contributed by atoms with Crippen LogP contribution in [0.2, 0.25) is 0 Å². The van der Waals surface area contributed by atoms with Crippen LogP contribution in [0.3, 0.4) is 0 Å². The van der Waals surface area contributed by atoms with Gasteiger partial charge in [-0.3, -0.25) is 9.59 Å². The number of hydrogen-bond acceptors (Lipinski definition) is 6. The Kier molecular flexibility index (Phi) is 4.28. The van der Waals surface area contributed by atoms with Gasteiger partial charge in [-0.25, -0.2) is 0 Å². The Bertz CT molecular complexity index is 1120. The van der Waals surface area contributed by atoms with Crippen molar-refractivity contribution < 1.29 is 19.1 Å². The number of allylic oxidation sites excluding steroid dienone is 1. The smallest absolute Gasteiger partial charge is 0.245 e. The highest BCUT2D eigenvalue weighted by Gasteiger charge is 2.60. The molecule has 4 rings (SSSR count). The van der Waals surface area contributed by atoms with Gasteiger partial charge in [0.1, 0.15) is 28.6 Å². The lowest BCUT2D eigenvalue weighted by Crippen LogP contribution is -2.46. The predicted molar refractivity (Wildman–Crippen MR) is 109 cm³/mol. The lowest BCUT2D eigenvalue weighted by atomic mass is 9.62. The van der Waals surface area contributed by atoms with Crippen molar-refractivity contribution in [2.45, 2.75) is 33.6 Å². The van der Waals surface area contributed by atoms with Gasteiger partial charge in [0.05, 0.1) is 12.7 Å². The molecule has 154 valence electrons. The molecule has 1 aliphatic carbocycles. The molecule has 7 heteroatoms. The average Bonchev–Trinajstić information content (AvgIpc) is 2.92. The second-order valence-corrected chi connectivity index (χ2v) is 8.62. The number of Topliss-reactive ketones (excluding diaryl/α,β-unsaturated/α-hetero) is 1. The summed E-state index contributed by atoms with van der Waals surface area (Å²) in [6.45, 7) is 5.68. The van der Waals surface area contributed by atoms with Crippen molar-refractivity contribution in [3.63, 3.8) is 0 Å². The largest absolute Gasteiger partial charge is 0.497 e. The lowest BCUT2D eigenvalue weighted by molar-refractivity contribution is -0.128. The molecule has 1 amide bonds. The molecule has 30 heavy (non-hydrogen) atoms. The third-order valence-corrected chi connectivity index (χ3v) is 6.07. The molecule has 3 N–H and O–H groups in total. The maximum atomic E-state index is 13.5. The third kappa shape index (κ3) is 2.57. The number of amides is 1. The molecule has 1 atom stereocenters. The Morgan fingerprint density at radius 1 is 1.20 bits per heavy atom. The summed E-state index contributed by atoms with van der Waals surface area (Å²) in [4.78, 5) is 26.7. The number of carbonyl (C=O) groups is 2. The van der Waals surface area contributed by atoms with Gasteiger partial charge in [0.15, 0.2) is 5.78 Å². The number of nitriles is 1. The van der Waals surface area contributed by atoms with Crippen LogP contribution >= 0.6 is 0 Å². The third-order valence-electron chi connectivity index (χ3n) is 6.07. The number of nitrogens with two attached hydrogens (primary N) is 1. The van der Waals surface area contributed by atoms with Crippen LogP contribution in [0, 0.1) is 22.2 Å². The van der Waals surface area contributed by atoms with Crippen LogP contribution in [0.5, 0.6) is 5.75 Å². The number of methoxy groups -OCH3 is 1. The maximum absolute atomic E-state index is 13.5. The number of nitrogens with one attached hydrogen (secondary N) is 1. The molecular weight excluding hydrogens is 382 g/mol. The molecule has 1 unspecified atom stereocenters. The number of rotatable bonds is 2. The standard InChI is InChI=1S/C23H23N3O4/c1-12-19(13-5-7-14(29-4)8-6-13)26-21(28)23(12)15(11-24)20(25)30-17-10-22(2,3)9-16(27)18(17)23/h5-8H,9-10,25H2,1-4H3,(H,26,28). The highest BCUT2D eigenvalue weighted by atomic mass is 16.5. The summed E-state index contributed by atoms with van der Waals surface area (Å²) < 4.78 is 10.9. The molecular formula is C23H23N3O4. The minimum atomic E-state index is -1.57. The number of hydrogen-bond donors (Lipinski definition) is 2. The maximum Gasteiger partial charge on any atom is 0.245 e. The Labute approximate surface area is 174 Å². The van der Waals surface area contributed by atoms with Gasteiger partial charge in [0, 0.05) is 18.5 Å². The van der Waals surface area contributed by atoms with E-state index in [1.165, 1.54) is 0 Å². The molecule has 0 saturated heterocycles. The van der Waals surface area contributed by atoms with E-state index in [0.717, 1.165) is 5.56 Å². The molecule has 3 aliphatic rings. The van der Waals surface area contributed by atoms with Gasteiger partial charge in [-0.05, 0) is 47.7 Å². The first kappa shape index (κ1) is 19.8. The molecule has 1 aromatic rings. The summed E-state index contributed by atoms with van der Waals surface area (Å²) in [7, 11) is 1.57. The second-order valence-electron chi connectivity index (χ2n) is 8.62. The minimum absolute atomic E-state index is 0.0483. The van der Waals surface area contributed by atoms with Gasteiger partial charge in [-0.1, -0.05) is 13.8 Å². The topological polar surface area (TPSA) is 114 Å². The lowest BCUT2D eigenvalue weighted by Gasteiger charge is -2.41. The van der Waals surface area contributed by atoms with E-state index in [1.54, 1.807) is 26.2 Å². The van der Waals surface area contributed by atoms with Crippen molar-refractivity contribution in [1.29, 1.82) is 5.26 Å². The predicted octanol–water partition coefficient (Wildman–Crippen LogP) is 2.91. The van der Waals surface area contributed by atoms with Crippen molar-refractivity contribution in [2.24, 2.45) is 16.6 Å². The van der Waals surface area contributed by atoms with Crippen LogP contribution in [-0.4, -0.2) is 18.8 Å². The van der Waals surface area contributed by atoms with Crippen molar-refractivity contribution in [1.82, 2.24) is 5.32 Å². The van der Waals surface area contributed by atoms with Gasteiger partial charge >= 0.3 is 0 Å². The molecule has 0 saturated carbocycles. The molecule has 0 fully saturated rings. The zero-order valence-corrected chi connectivity index (χ0v) is 17.4. The Morgan fingerprint density at radius 3 is 2.47 bits per heavy atom. The molecule has 1 aromatic carbocycles. The number of nitrogens with zero attached hydrogens (tertiary/aromatic N) is 1. The van der Waals surface area contributed by atoms with E-state index >= 15 is 0 Å². The van der Waals surface area contributed by atoms with E-state index in [0.29, 0.717) is 29.2 Å². The van der Waals surface area contributed by atoms with Gasteiger partial charge in [-0.2, -0.15) is 5.26 Å². The number of fused-ring (bicyclic) bond motifs is 1. The summed E-state index contributed by atoms with van der Waals surface area (Å²) >= 11 is 0. The molecule has 0 radical (unpaired) electrons. The molecule has 2 aliphatic heterocycles. The van der Waals surface area contributed by atoms with E-state index in [9.17, 15) is 14.9 Å². The Morgan fingerprint density at radius 2 is 1.87 bits per heavy atom. The summed E-state index contributed by atoms with van der Waals surface area (Å²) in [6.07, 6.45) is 0.710. The first-order valence-corrected chi connectivity index (χ1v) is 9.68. The monoisotopic (exact) mass is 405 g/mol. The summed E-state index contributed by atoms with van der Waals surface area (Å²) in [6, 6.07) is 9.24. The number of ketones is 1. The number of benzene rings is 1. The quantitative estimate of drug-likeness (QED) is 0.782. The minimum Gasteiger partial charge on any atom is -0.497 e. The zero-order chi connectivity index (χ0) is 21.8. The zero-order valence-electron chi connectivity index (χ0n) is 17.4. The van der Waals surface area contributed by atoms with Crippen molar-refractivity contribution >= 4 is 17.4 Å². The first-order valence-electron chi connectivity index (χ1n) is 9.68. The van der Waals surface area contributed by atoms with Gasteiger partial charge in [0.2, 0.25) is 11.8 Å². The van der Waals surface area contributed by atoms with Crippen LogP contribution in [0.1, 0.15) is 39.2 Å². The van der Waals surface area contributed by atoms with Crippen LogP contribution in [0.25, 0.3) is 5.70 Å². The average molecular weight is 405 g/mol. The summed E-state index contributed by atoms with van der Waals surface area (Å²) in [5, 5.41) is 12.8. The molecule has 2 heterocycles. The fourth-order valence-electron chi connectivity index (χ4n) is 4.71. The Hall–Kier alpha value is -3.53. The summed E-state index contributed by atoms with van der Waals surface area (Å²) in [5.74, 6) is 0.255.